The highest BCUT2D eigenvalue weighted by molar-refractivity contribution is 6.02. The zero-order chi connectivity index (χ0) is 36.1. The maximum absolute atomic E-state index is 14.5. The first kappa shape index (κ1) is 38.6. The number of aromatic nitrogens is 1. The zero-order valence-electron chi connectivity index (χ0n) is 30.1. The van der Waals surface area contributed by atoms with Gasteiger partial charge in [-0.2, -0.15) is 0 Å². The van der Waals surface area contributed by atoms with Crippen molar-refractivity contribution in [1.82, 2.24) is 15.2 Å². The Bertz CT molecular complexity index is 1650. The van der Waals surface area contributed by atoms with Crippen LogP contribution in [0.3, 0.4) is 0 Å². The highest BCUT2D eigenvalue weighted by Crippen LogP contribution is 2.30. The van der Waals surface area contributed by atoms with E-state index >= 15 is 0 Å². The molecule has 1 heterocycles. The van der Waals surface area contributed by atoms with E-state index in [1.807, 2.05) is 131 Å². The van der Waals surface area contributed by atoms with E-state index < -0.39 is 17.7 Å². The summed E-state index contributed by atoms with van der Waals surface area (Å²) in [4.78, 5) is 34.2. The van der Waals surface area contributed by atoms with Gasteiger partial charge < -0.3 is 25.2 Å². The molecule has 1 amide bonds. The smallest absolute Gasteiger partial charge is 0.254 e. The lowest BCUT2D eigenvalue weighted by Gasteiger charge is -2.39. The third-order valence-corrected chi connectivity index (χ3v) is 9.20. The average molecular weight is 680 g/mol. The Balaban J connectivity index is 1.50. The number of nitrogens with one attached hydrogen (secondary N) is 1. The number of hydrogen-bond donors (Lipinski definition) is 3. The zero-order valence-corrected chi connectivity index (χ0v) is 30.1. The first-order valence-corrected chi connectivity index (χ1v) is 17.5. The van der Waals surface area contributed by atoms with Crippen molar-refractivity contribution in [2.24, 2.45) is 5.41 Å². The number of ether oxygens (including phenoxy) is 1. The largest absolute Gasteiger partial charge is 0.395 e. The fourth-order valence-electron chi connectivity index (χ4n) is 6.34. The van der Waals surface area contributed by atoms with Crippen molar-refractivity contribution in [1.29, 1.82) is 0 Å². The minimum Gasteiger partial charge on any atom is -0.395 e. The molecule has 50 heavy (non-hydrogen) atoms. The van der Waals surface area contributed by atoms with Gasteiger partial charge in [0.05, 0.1) is 37.5 Å². The number of carbonyl (C=O) groups excluding carboxylic acids is 2. The van der Waals surface area contributed by atoms with Crippen LogP contribution >= 0.6 is 0 Å². The summed E-state index contributed by atoms with van der Waals surface area (Å²) in [6.45, 7) is 11.5. The Morgan fingerprint density at radius 1 is 0.840 bits per heavy atom. The van der Waals surface area contributed by atoms with Crippen LogP contribution in [0.5, 0.6) is 0 Å². The summed E-state index contributed by atoms with van der Waals surface area (Å²) in [6, 6.07) is 28.3. The molecule has 8 nitrogen and oxygen atoms in total. The highest BCUT2D eigenvalue weighted by atomic mass is 16.5. The van der Waals surface area contributed by atoms with Crippen LogP contribution in [0.1, 0.15) is 84.0 Å². The van der Waals surface area contributed by atoms with Gasteiger partial charge >= 0.3 is 0 Å². The maximum Gasteiger partial charge on any atom is 0.254 e. The summed E-state index contributed by atoms with van der Waals surface area (Å²) >= 11 is 0. The number of pyridine rings is 1. The van der Waals surface area contributed by atoms with E-state index in [1.165, 1.54) is 0 Å². The number of benzene rings is 3. The number of ketones is 1. The molecule has 4 aromatic rings. The van der Waals surface area contributed by atoms with Crippen molar-refractivity contribution in [2.75, 3.05) is 26.3 Å². The molecule has 1 aromatic heterocycles. The normalized spacial score (nSPS) is 13.1. The molecule has 0 saturated heterocycles. The maximum atomic E-state index is 14.5. The van der Waals surface area contributed by atoms with E-state index in [0.717, 1.165) is 22.3 Å². The number of hydrogen-bond acceptors (Lipinski definition) is 7. The molecule has 0 saturated carbocycles. The molecule has 2 unspecified atom stereocenters. The van der Waals surface area contributed by atoms with Crippen LogP contribution in [0.15, 0.2) is 103 Å². The second-order valence-electron chi connectivity index (χ2n) is 14.3. The van der Waals surface area contributed by atoms with Crippen LogP contribution in [-0.4, -0.2) is 70.2 Å². The van der Waals surface area contributed by atoms with Gasteiger partial charge in [0.2, 0.25) is 0 Å². The van der Waals surface area contributed by atoms with Crippen molar-refractivity contribution in [3.05, 3.63) is 137 Å². The van der Waals surface area contributed by atoms with Crippen molar-refractivity contribution >= 4 is 11.7 Å². The monoisotopic (exact) mass is 679 g/mol. The molecular weight excluding hydrogens is 626 g/mol. The molecule has 4 rings (SSSR count). The van der Waals surface area contributed by atoms with Gasteiger partial charge in [-0.1, -0.05) is 93.6 Å². The standard InChI is InChI=1S/C42H53N3O5/c1-41(2,3)39(44-25-27-46)38(48)36-17-11-9-15-32(36)19-20-35(47)29-33-16-10-12-18-37(33)40(49)45(42(4,5)34-21-23-43-24-22-34)26-28-50-30-31-13-7-6-8-14-31/h6-18,21-24,35,39,44,46-47H,19-20,25-30H2,1-5H3. The molecule has 2 atom stereocenters. The first-order chi connectivity index (χ1) is 23.9. The SMILES string of the molecule is CC(C)(C)C(NCCO)C(=O)c1ccccc1CCC(O)Cc1ccccc1C(=O)N(CCOCc1ccccc1)C(C)(C)c1ccncc1. The lowest BCUT2D eigenvalue weighted by Crippen LogP contribution is -2.47. The number of aliphatic hydroxyl groups excluding tert-OH is 2. The topological polar surface area (TPSA) is 112 Å². The van der Waals surface area contributed by atoms with Crippen LogP contribution in [0, 0.1) is 5.41 Å². The van der Waals surface area contributed by atoms with Gasteiger partial charge in [-0.15, -0.1) is 0 Å². The van der Waals surface area contributed by atoms with E-state index in [4.69, 9.17) is 4.74 Å². The van der Waals surface area contributed by atoms with Gasteiger partial charge in [-0.05, 0) is 79.0 Å². The van der Waals surface area contributed by atoms with Crippen LogP contribution in [0.2, 0.25) is 0 Å². The van der Waals surface area contributed by atoms with Crippen LogP contribution in [0.4, 0.5) is 0 Å². The lowest BCUT2D eigenvalue weighted by molar-refractivity contribution is 0.0351. The molecule has 0 aliphatic heterocycles. The number of Topliss-reactive ketones (excluding diaryl/α,β-unsaturated/α-hetero) is 1. The second kappa shape index (κ2) is 18.2. The van der Waals surface area contributed by atoms with E-state index in [0.29, 0.717) is 50.3 Å². The van der Waals surface area contributed by atoms with Crippen molar-refractivity contribution < 1.29 is 24.5 Å². The van der Waals surface area contributed by atoms with Gasteiger partial charge in [0.25, 0.3) is 5.91 Å². The molecular formula is C42H53N3O5. The quantitative estimate of drug-likeness (QED) is 0.0826. The van der Waals surface area contributed by atoms with Gasteiger partial charge in [0.15, 0.2) is 5.78 Å². The molecule has 0 fully saturated rings. The Morgan fingerprint density at radius 3 is 2.12 bits per heavy atom. The molecule has 0 radical (unpaired) electrons. The van der Waals surface area contributed by atoms with Crippen LogP contribution < -0.4 is 5.32 Å². The summed E-state index contributed by atoms with van der Waals surface area (Å²) in [7, 11) is 0. The summed E-state index contributed by atoms with van der Waals surface area (Å²) in [6.07, 6.45) is 3.92. The first-order valence-electron chi connectivity index (χ1n) is 17.5. The van der Waals surface area contributed by atoms with Gasteiger partial charge in [0.1, 0.15) is 0 Å². The fourth-order valence-corrected chi connectivity index (χ4v) is 6.34. The highest BCUT2D eigenvalue weighted by Gasteiger charge is 2.35. The molecule has 266 valence electrons. The number of aliphatic hydroxyl groups is 2. The number of aryl methyl sites for hydroxylation is 1. The number of amides is 1. The van der Waals surface area contributed by atoms with E-state index in [2.05, 4.69) is 10.3 Å². The molecule has 0 aliphatic rings. The minimum atomic E-state index is -0.742. The summed E-state index contributed by atoms with van der Waals surface area (Å²) in [5.74, 6) is -0.172. The van der Waals surface area contributed by atoms with Gasteiger partial charge in [0, 0.05) is 36.6 Å². The summed E-state index contributed by atoms with van der Waals surface area (Å²) in [5, 5.41) is 23.9. The van der Waals surface area contributed by atoms with E-state index in [-0.39, 0.29) is 30.1 Å². The van der Waals surface area contributed by atoms with E-state index in [1.54, 1.807) is 12.4 Å². The van der Waals surface area contributed by atoms with Gasteiger partial charge in [-0.25, -0.2) is 0 Å². The summed E-state index contributed by atoms with van der Waals surface area (Å²) < 4.78 is 6.03. The Morgan fingerprint density at radius 2 is 1.46 bits per heavy atom. The molecule has 0 aliphatic carbocycles. The Hall–Kier alpha value is -4.21. The molecule has 3 aromatic carbocycles. The third kappa shape index (κ3) is 10.4. The Kier molecular flexibility index (Phi) is 14.0. The third-order valence-electron chi connectivity index (χ3n) is 9.20. The van der Waals surface area contributed by atoms with Crippen molar-refractivity contribution in [2.45, 2.75) is 78.2 Å². The van der Waals surface area contributed by atoms with Crippen LogP contribution in [0.25, 0.3) is 0 Å². The van der Waals surface area contributed by atoms with E-state index in [9.17, 15) is 19.8 Å². The summed E-state index contributed by atoms with van der Waals surface area (Å²) in [5.41, 5.74) is 3.77. The van der Waals surface area contributed by atoms with Crippen molar-refractivity contribution in [3.63, 3.8) is 0 Å². The minimum absolute atomic E-state index is 0.0309. The molecule has 8 heteroatoms. The second-order valence-corrected chi connectivity index (χ2v) is 14.3. The number of rotatable bonds is 18. The average Bonchev–Trinajstić information content (AvgIpc) is 3.11. The fraction of sp³-hybridized carbons (Fsp3) is 0.405. The van der Waals surface area contributed by atoms with Crippen LogP contribution in [-0.2, 0) is 29.7 Å². The predicted molar refractivity (Wildman–Crippen MR) is 198 cm³/mol. The predicted octanol–water partition coefficient (Wildman–Crippen LogP) is 6.39. The van der Waals surface area contributed by atoms with Gasteiger partial charge in [-0.3, -0.25) is 14.6 Å². The number of carbonyl (C=O) groups is 2. The Labute approximate surface area is 297 Å². The molecule has 0 spiro atoms. The lowest BCUT2D eigenvalue weighted by atomic mass is 9.80. The number of nitrogens with zero attached hydrogens (tertiary/aromatic N) is 2. The van der Waals surface area contributed by atoms with Crippen molar-refractivity contribution in [3.8, 4) is 0 Å². The molecule has 3 N–H and O–H groups in total. The molecule has 0 bridgehead atoms.